The van der Waals surface area contributed by atoms with Gasteiger partial charge in [-0.3, -0.25) is 19.7 Å². The lowest BCUT2D eigenvalue weighted by Gasteiger charge is -2.37. The standard InChI is InChI=1S/C23H28N4O6S/c1-3-17(2)21(24-22(28)18-9-5-4-6-10-18)23(29)25-13-15-26(16-14-25)34(32,33)20-12-8-7-11-19(20)27(30)31/h4-12,17,21H,3,13-16H2,1-2H3,(H,24,28)/t17-,21-/m0/s1. The highest BCUT2D eigenvalue weighted by Crippen LogP contribution is 2.27. The molecule has 0 saturated carbocycles. The first kappa shape index (κ1) is 25.3. The fourth-order valence-corrected chi connectivity index (χ4v) is 5.39. The second-order valence-electron chi connectivity index (χ2n) is 8.16. The van der Waals surface area contributed by atoms with E-state index in [9.17, 15) is 28.1 Å². The number of nitro groups is 1. The summed E-state index contributed by atoms with van der Waals surface area (Å²) in [4.78, 5) is 37.7. The summed E-state index contributed by atoms with van der Waals surface area (Å²) >= 11 is 0. The van der Waals surface area contributed by atoms with Crippen LogP contribution in [0.2, 0.25) is 0 Å². The van der Waals surface area contributed by atoms with Gasteiger partial charge in [0, 0.05) is 37.8 Å². The van der Waals surface area contributed by atoms with Gasteiger partial charge in [0.15, 0.2) is 4.90 Å². The van der Waals surface area contributed by atoms with Crippen molar-refractivity contribution < 1.29 is 22.9 Å². The first-order chi connectivity index (χ1) is 16.2. The Labute approximate surface area is 198 Å². The molecule has 2 atom stereocenters. The number of para-hydroxylation sites is 1. The molecule has 34 heavy (non-hydrogen) atoms. The van der Waals surface area contributed by atoms with Crippen molar-refractivity contribution in [1.82, 2.24) is 14.5 Å². The monoisotopic (exact) mass is 488 g/mol. The highest BCUT2D eigenvalue weighted by molar-refractivity contribution is 7.89. The minimum Gasteiger partial charge on any atom is -0.340 e. The highest BCUT2D eigenvalue weighted by atomic mass is 32.2. The van der Waals surface area contributed by atoms with Crippen molar-refractivity contribution in [1.29, 1.82) is 0 Å². The van der Waals surface area contributed by atoms with Crippen LogP contribution in [-0.4, -0.2) is 66.6 Å². The van der Waals surface area contributed by atoms with Crippen molar-refractivity contribution in [3.05, 3.63) is 70.3 Å². The van der Waals surface area contributed by atoms with Crippen LogP contribution < -0.4 is 5.32 Å². The number of nitro benzene ring substituents is 1. The first-order valence-corrected chi connectivity index (χ1v) is 12.5. The van der Waals surface area contributed by atoms with E-state index in [-0.39, 0.29) is 48.8 Å². The number of hydrogen-bond acceptors (Lipinski definition) is 6. The summed E-state index contributed by atoms with van der Waals surface area (Å²) in [5.74, 6) is -0.757. The van der Waals surface area contributed by atoms with Crippen LogP contribution in [-0.2, 0) is 14.8 Å². The van der Waals surface area contributed by atoms with Crippen LogP contribution in [0.5, 0.6) is 0 Å². The second-order valence-corrected chi connectivity index (χ2v) is 10.1. The number of carbonyl (C=O) groups is 2. The zero-order valence-electron chi connectivity index (χ0n) is 19.1. The van der Waals surface area contributed by atoms with Gasteiger partial charge < -0.3 is 10.2 Å². The molecule has 2 amide bonds. The molecular weight excluding hydrogens is 460 g/mol. The largest absolute Gasteiger partial charge is 0.340 e. The van der Waals surface area contributed by atoms with E-state index in [1.54, 1.807) is 30.3 Å². The van der Waals surface area contributed by atoms with E-state index in [0.29, 0.717) is 12.0 Å². The molecule has 0 spiro atoms. The molecule has 1 N–H and O–H groups in total. The molecule has 1 aliphatic heterocycles. The summed E-state index contributed by atoms with van der Waals surface area (Å²) in [7, 11) is -4.10. The Bertz CT molecular complexity index is 1150. The summed E-state index contributed by atoms with van der Waals surface area (Å²) in [6.07, 6.45) is 0.664. The predicted molar refractivity (Wildman–Crippen MR) is 126 cm³/mol. The smallest absolute Gasteiger partial charge is 0.289 e. The molecule has 0 aliphatic carbocycles. The predicted octanol–water partition coefficient (Wildman–Crippen LogP) is 2.27. The van der Waals surface area contributed by atoms with Crippen LogP contribution in [0.15, 0.2) is 59.5 Å². The number of amides is 2. The minimum absolute atomic E-state index is 0.0000203. The van der Waals surface area contributed by atoms with E-state index in [4.69, 9.17) is 0 Å². The van der Waals surface area contributed by atoms with Crippen molar-refractivity contribution in [2.75, 3.05) is 26.2 Å². The van der Waals surface area contributed by atoms with Crippen LogP contribution in [0.4, 0.5) is 5.69 Å². The van der Waals surface area contributed by atoms with E-state index in [2.05, 4.69) is 5.32 Å². The third-order valence-corrected chi connectivity index (χ3v) is 7.98. The summed E-state index contributed by atoms with van der Waals surface area (Å²) in [5, 5.41) is 14.1. The number of hydrogen-bond donors (Lipinski definition) is 1. The molecule has 0 aromatic heterocycles. The number of carbonyl (C=O) groups excluding carboxylic acids is 2. The van der Waals surface area contributed by atoms with E-state index in [0.717, 1.165) is 10.4 Å². The quantitative estimate of drug-likeness (QED) is 0.448. The fraction of sp³-hybridized carbons (Fsp3) is 0.391. The molecule has 1 heterocycles. The number of sulfonamides is 1. The van der Waals surface area contributed by atoms with Gasteiger partial charge in [0.25, 0.3) is 11.6 Å². The van der Waals surface area contributed by atoms with Gasteiger partial charge in [-0.1, -0.05) is 50.6 Å². The normalized spacial score (nSPS) is 16.5. The highest BCUT2D eigenvalue weighted by Gasteiger charge is 2.37. The molecule has 1 aliphatic rings. The maximum absolute atomic E-state index is 13.3. The summed E-state index contributed by atoms with van der Waals surface area (Å²) < 4.78 is 27.2. The van der Waals surface area contributed by atoms with Gasteiger partial charge >= 0.3 is 0 Å². The topological polar surface area (TPSA) is 130 Å². The molecule has 1 saturated heterocycles. The maximum atomic E-state index is 13.3. The third kappa shape index (κ3) is 5.42. The molecule has 11 heteroatoms. The van der Waals surface area contributed by atoms with E-state index in [1.807, 2.05) is 13.8 Å². The maximum Gasteiger partial charge on any atom is 0.289 e. The Balaban J connectivity index is 1.72. The average Bonchev–Trinajstić information content (AvgIpc) is 2.86. The van der Waals surface area contributed by atoms with Gasteiger partial charge in [-0.05, 0) is 24.1 Å². The Morgan fingerprint density at radius 2 is 1.62 bits per heavy atom. The molecule has 10 nitrogen and oxygen atoms in total. The first-order valence-electron chi connectivity index (χ1n) is 11.0. The lowest BCUT2D eigenvalue weighted by molar-refractivity contribution is -0.387. The van der Waals surface area contributed by atoms with Gasteiger partial charge in [-0.15, -0.1) is 0 Å². The molecule has 2 aromatic rings. The van der Waals surface area contributed by atoms with E-state index >= 15 is 0 Å². The Hall–Kier alpha value is -3.31. The van der Waals surface area contributed by atoms with Crippen LogP contribution in [0.1, 0.15) is 30.6 Å². The van der Waals surface area contributed by atoms with Crippen LogP contribution in [0.25, 0.3) is 0 Å². The molecule has 0 radical (unpaired) electrons. The number of nitrogens with one attached hydrogen (secondary N) is 1. The molecule has 1 fully saturated rings. The van der Waals surface area contributed by atoms with Gasteiger partial charge in [0.05, 0.1) is 4.92 Å². The number of benzene rings is 2. The molecule has 3 rings (SSSR count). The summed E-state index contributed by atoms with van der Waals surface area (Å²) in [6.45, 7) is 4.04. The van der Waals surface area contributed by atoms with Crippen LogP contribution >= 0.6 is 0 Å². The number of nitrogens with zero attached hydrogens (tertiary/aromatic N) is 3. The second kappa shape index (κ2) is 10.7. The van der Waals surface area contributed by atoms with Crippen molar-refractivity contribution in [2.45, 2.75) is 31.2 Å². The van der Waals surface area contributed by atoms with Gasteiger partial charge in [-0.25, -0.2) is 8.42 Å². The summed E-state index contributed by atoms with van der Waals surface area (Å²) in [6, 6.07) is 13.1. The van der Waals surface area contributed by atoms with Crippen LogP contribution in [0, 0.1) is 16.0 Å². The van der Waals surface area contributed by atoms with Crippen molar-refractivity contribution in [3.8, 4) is 0 Å². The number of piperazine rings is 1. The Morgan fingerprint density at radius 3 is 2.21 bits per heavy atom. The average molecular weight is 489 g/mol. The van der Waals surface area contributed by atoms with Crippen LogP contribution in [0.3, 0.4) is 0 Å². The van der Waals surface area contributed by atoms with E-state index < -0.39 is 26.7 Å². The summed E-state index contributed by atoms with van der Waals surface area (Å²) in [5.41, 5.74) is -0.0366. The van der Waals surface area contributed by atoms with E-state index in [1.165, 1.54) is 23.1 Å². The van der Waals surface area contributed by atoms with Gasteiger partial charge in [0.2, 0.25) is 15.9 Å². The SMILES string of the molecule is CC[C@H](C)[C@H](NC(=O)c1ccccc1)C(=O)N1CCN(S(=O)(=O)c2ccccc2[N+](=O)[O-])CC1. The molecule has 0 bridgehead atoms. The molecule has 182 valence electrons. The van der Waals surface area contributed by atoms with Gasteiger partial charge in [-0.2, -0.15) is 4.31 Å². The van der Waals surface area contributed by atoms with Crippen molar-refractivity contribution in [3.63, 3.8) is 0 Å². The minimum atomic E-state index is -4.10. The number of rotatable bonds is 8. The zero-order valence-corrected chi connectivity index (χ0v) is 19.9. The lowest BCUT2D eigenvalue weighted by Crippen LogP contribution is -2.57. The van der Waals surface area contributed by atoms with Crippen molar-refractivity contribution >= 4 is 27.5 Å². The Morgan fingerprint density at radius 1 is 1.03 bits per heavy atom. The zero-order chi connectivity index (χ0) is 24.9. The Kier molecular flexibility index (Phi) is 8.00. The lowest BCUT2D eigenvalue weighted by atomic mass is 9.97. The van der Waals surface area contributed by atoms with Gasteiger partial charge in [0.1, 0.15) is 6.04 Å². The molecule has 2 aromatic carbocycles. The van der Waals surface area contributed by atoms with Crippen molar-refractivity contribution in [2.24, 2.45) is 5.92 Å². The molecular formula is C23H28N4O6S. The molecule has 0 unspecified atom stereocenters. The fourth-order valence-electron chi connectivity index (χ4n) is 3.81. The third-order valence-electron chi connectivity index (χ3n) is 6.03.